The Balaban J connectivity index is 1.47. The minimum absolute atomic E-state index is 0.00526. The van der Waals surface area contributed by atoms with Crippen molar-refractivity contribution in [3.63, 3.8) is 0 Å². The molecule has 1 aliphatic carbocycles. The first-order valence-corrected chi connectivity index (χ1v) is 11.5. The van der Waals surface area contributed by atoms with Crippen LogP contribution in [0.3, 0.4) is 0 Å². The van der Waals surface area contributed by atoms with Gasteiger partial charge in [0.2, 0.25) is 5.82 Å². The van der Waals surface area contributed by atoms with Gasteiger partial charge in [0.1, 0.15) is 0 Å². The number of rotatable bonds is 4. The zero-order valence-electron chi connectivity index (χ0n) is 17.3. The summed E-state index contributed by atoms with van der Waals surface area (Å²) in [5.74, 6) is 0.0777. The van der Waals surface area contributed by atoms with Crippen LogP contribution in [0.15, 0.2) is 41.8 Å². The highest BCUT2D eigenvalue weighted by Crippen LogP contribution is 2.32. The van der Waals surface area contributed by atoms with Gasteiger partial charge in [-0.1, -0.05) is 12.1 Å². The third-order valence-electron chi connectivity index (χ3n) is 5.84. The molecule has 0 bridgehead atoms. The van der Waals surface area contributed by atoms with E-state index >= 15 is 0 Å². The molecule has 0 unspecified atom stereocenters. The van der Waals surface area contributed by atoms with E-state index in [1.807, 2.05) is 17.5 Å². The molecule has 0 spiro atoms. The maximum absolute atomic E-state index is 13.3. The van der Waals surface area contributed by atoms with Crippen LogP contribution in [0.5, 0.6) is 0 Å². The molecule has 1 amide bonds. The van der Waals surface area contributed by atoms with E-state index in [0.29, 0.717) is 25.0 Å². The number of hydrogen-bond donors (Lipinski definition) is 0. The lowest BCUT2D eigenvalue weighted by Crippen LogP contribution is -2.36. The second-order valence-electron chi connectivity index (χ2n) is 8.11. The summed E-state index contributed by atoms with van der Waals surface area (Å²) in [6.45, 7) is 3.01. The Kier molecular flexibility index (Phi) is 5.50. The molecule has 1 aromatic carbocycles. The molecule has 0 N–H and O–H groups in total. The summed E-state index contributed by atoms with van der Waals surface area (Å²) in [7, 11) is 0. The average molecular weight is 462 g/mol. The zero-order chi connectivity index (χ0) is 22.3. The predicted molar refractivity (Wildman–Crippen MR) is 115 cm³/mol. The quantitative estimate of drug-likeness (QED) is 0.581. The molecular weight excluding hydrogens is 439 g/mol. The average Bonchev–Trinajstić information content (AvgIpc) is 3.37. The Morgan fingerprint density at radius 1 is 1.06 bits per heavy atom. The SMILES string of the molecule is O=C(c1nc(-c2cccs2)n(-c2cccc(C(F)(F)F)c2)n1)N1CCCN(C2CC2)CC1. The number of nitrogens with zero attached hydrogens (tertiary/aromatic N) is 5. The summed E-state index contributed by atoms with van der Waals surface area (Å²) in [6, 6.07) is 9.20. The fraction of sp³-hybridized carbons (Fsp3) is 0.409. The summed E-state index contributed by atoms with van der Waals surface area (Å²) in [4.78, 5) is 22.6. The number of alkyl halides is 3. The topological polar surface area (TPSA) is 54.3 Å². The van der Waals surface area contributed by atoms with Gasteiger partial charge in [0.05, 0.1) is 16.1 Å². The molecule has 1 saturated carbocycles. The van der Waals surface area contributed by atoms with Crippen LogP contribution in [-0.2, 0) is 6.18 Å². The van der Waals surface area contributed by atoms with Gasteiger partial charge in [-0.3, -0.25) is 9.69 Å². The van der Waals surface area contributed by atoms with Gasteiger partial charge in [-0.05, 0) is 48.9 Å². The van der Waals surface area contributed by atoms with Gasteiger partial charge in [0.15, 0.2) is 5.82 Å². The van der Waals surface area contributed by atoms with Gasteiger partial charge in [-0.25, -0.2) is 9.67 Å². The molecule has 6 nitrogen and oxygen atoms in total. The third kappa shape index (κ3) is 4.29. The molecule has 0 radical (unpaired) electrons. The number of carbonyl (C=O) groups excluding carboxylic acids is 1. The van der Waals surface area contributed by atoms with Crippen molar-refractivity contribution in [1.29, 1.82) is 0 Å². The highest BCUT2D eigenvalue weighted by atomic mass is 32.1. The van der Waals surface area contributed by atoms with E-state index in [1.165, 1.54) is 41.0 Å². The van der Waals surface area contributed by atoms with Crippen LogP contribution in [0, 0.1) is 0 Å². The monoisotopic (exact) mass is 461 g/mol. The molecule has 1 saturated heterocycles. The van der Waals surface area contributed by atoms with Crippen molar-refractivity contribution in [2.24, 2.45) is 0 Å². The van der Waals surface area contributed by atoms with Crippen LogP contribution in [0.25, 0.3) is 16.4 Å². The highest BCUT2D eigenvalue weighted by molar-refractivity contribution is 7.13. The number of halogens is 3. The first kappa shape index (κ1) is 21.1. The van der Waals surface area contributed by atoms with Crippen molar-refractivity contribution in [3.05, 3.63) is 53.2 Å². The van der Waals surface area contributed by atoms with E-state index < -0.39 is 11.7 Å². The molecule has 2 aliphatic rings. The number of thiophene rings is 1. The largest absolute Gasteiger partial charge is 0.416 e. The van der Waals surface area contributed by atoms with Gasteiger partial charge in [-0.15, -0.1) is 16.4 Å². The normalized spacial score (nSPS) is 18.0. The molecule has 3 heterocycles. The lowest BCUT2D eigenvalue weighted by atomic mass is 10.2. The molecule has 0 atom stereocenters. The molecule has 10 heteroatoms. The van der Waals surface area contributed by atoms with E-state index in [1.54, 1.807) is 4.90 Å². The third-order valence-corrected chi connectivity index (χ3v) is 6.70. The van der Waals surface area contributed by atoms with Gasteiger partial charge in [0.25, 0.3) is 5.91 Å². The van der Waals surface area contributed by atoms with Crippen LogP contribution in [-0.4, -0.2) is 62.7 Å². The molecule has 5 rings (SSSR count). The Morgan fingerprint density at radius 2 is 1.91 bits per heavy atom. The standard InChI is InChI=1S/C22H22F3N5OS/c23-22(24,25)15-4-1-5-17(14-15)30-20(18-6-2-13-32-18)26-19(27-30)21(31)29-10-3-9-28(11-12-29)16-7-8-16/h1-2,4-6,13-14,16H,3,7-12H2. The summed E-state index contributed by atoms with van der Waals surface area (Å²) in [6.07, 6.45) is -1.14. The summed E-state index contributed by atoms with van der Waals surface area (Å²) in [5, 5.41) is 6.22. The molecule has 32 heavy (non-hydrogen) atoms. The van der Waals surface area contributed by atoms with Crippen molar-refractivity contribution < 1.29 is 18.0 Å². The fourth-order valence-corrected chi connectivity index (χ4v) is 4.75. The summed E-state index contributed by atoms with van der Waals surface area (Å²) in [5.41, 5.74) is -0.561. The predicted octanol–water partition coefficient (Wildman–Crippen LogP) is 4.32. The summed E-state index contributed by atoms with van der Waals surface area (Å²) < 4.78 is 41.1. The van der Waals surface area contributed by atoms with Gasteiger partial charge in [-0.2, -0.15) is 13.2 Å². The number of aromatic nitrogens is 3. The van der Waals surface area contributed by atoms with Crippen LogP contribution in [0.2, 0.25) is 0 Å². The van der Waals surface area contributed by atoms with Gasteiger partial charge < -0.3 is 4.90 Å². The minimum atomic E-state index is -4.47. The van der Waals surface area contributed by atoms with Crippen LogP contribution >= 0.6 is 11.3 Å². The Morgan fingerprint density at radius 3 is 2.62 bits per heavy atom. The number of carbonyl (C=O) groups is 1. The second kappa shape index (κ2) is 8.32. The van der Waals surface area contributed by atoms with E-state index in [2.05, 4.69) is 15.0 Å². The van der Waals surface area contributed by atoms with E-state index in [9.17, 15) is 18.0 Å². The maximum atomic E-state index is 13.3. The van der Waals surface area contributed by atoms with Crippen molar-refractivity contribution in [3.8, 4) is 16.4 Å². The first-order chi connectivity index (χ1) is 15.4. The minimum Gasteiger partial charge on any atom is -0.335 e. The fourth-order valence-electron chi connectivity index (χ4n) is 4.05. The van der Waals surface area contributed by atoms with E-state index in [0.717, 1.165) is 36.5 Å². The number of amides is 1. The highest BCUT2D eigenvalue weighted by Gasteiger charge is 2.33. The van der Waals surface area contributed by atoms with Gasteiger partial charge >= 0.3 is 6.18 Å². The Hall–Kier alpha value is -2.72. The molecule has 3 aromatic rings. The lowest BCUT2D eigenvalue weighted by Gasteiger charge is -2.20. The first-order valence-electron chi connectivity index (χ1n) is 10.6. The van der Waals surface area contributed by atoms with Crippen LogP contribution in [0.4, 0.5) is 13.2 Å². The van der Waals surface area contributed by atoms with Gasteiger partial charge in [0, 0.05) is 32.2 Å². The number of benzene rings is 1. The molecule has 2 aromatic heterocycles. The maximum Gasteiger partial charge on any atom is 0.416 e. The Labute approximate surface area is 187 Å². The number of hydrogen-bond acceptors (Lipinski definition) is 5. The second-order valence-corrected chi connectivity index (χ2v) is 9.06. The van der Waals surface area contributed by atoms with Crippen molar-refractivity contribution in [2.75, 3.05) is 26.2 Å². The smallest absolute Gasteiger partial charge is 0.335 e. The van der Waals surface area contributed by atoms with Crippen molar-refractivity contribution in [2.45, 2.75) is 31.5 Å². The molecular formula is C22H22F3N5OS. The van der Waals surface area contributed by atoms with E-state index in [4.69, 9.17) is 0 Å². The van der Waals surface area contributed by atoms with E-state index in [-0.39, 0.29) is 17.4 Å². The van der Waals surface area contributed by atoms with Crippen molar-refractivity contribution in [1.82, 2.24) is 24.6 Å². The van der Waals surface area contributed by atoms with Crippen LogP contribution < -0.4 is 0 Å². The summed E-state index contributed by atoms with van der Waals surface area (Å²) >= 11 is 1.39. The Bertz CT molecular complexity index is 1110. The zero-order valence-corrected chi connectivity index (χ0v) is 18.1. The van der Waals surface area contributed by atoms with Crippen LogP contribution in [0.1, 0.15) is 35.4 Å². The van der Waals surface area contributed by atoms with Crippen molar-refractivity contribution >= 4 is 17.2 Å². The molecule has 2 fully saturated rings. The lowest BCUT2D eigenvalue weighted by molar-refractivity contribution is -0.137. The molecule has 168 valence electrons. The molecule has 1 aliphatic heterocycles.